The van der Waals surface area contributed by atoms with Crippen LogP contribution in [0, 0.1) is 19.8 Å². The van der Waals surface area contributed by atoms with Crippen molar-refractivity contribution < 1.29 is 37.4 Å². The molecule has 4 heterocycles. The fourth-order valence-electron chi connectivity index (χ4n) is 8.85. The number of methoxy groups -OCH3 is 2. The van der Waals surface area contributed by atoms with E-state index in [1.807, 2.05) is 50.2 Å². The number of hydrogen-bond donors (Lipinski definition) is 2. The molecule has 0 amide bonds. The van der Waals surface area contributed by atoms with Crippen LogP contribution in [-0.4, -0.2) is 86.2 Å². The minimum atomic E-state index is -3.83. The number of carbonyl (C=O) groups excluding carboxylic acids is 2. The number of halogens is 1. The summed E-state index contributed by atoms with van der Waals surface area (Å²) in [7, 11) is 0.775. The number of aliphatic carboxylic acids is 1. The molecule has 2 aliphatic rings. The van der Waals surface area contributed by atoms with Gasteiger partial charge in [-0.25, -0.2) is 17.8 Å². The number of fused-ring (bicyclic) bond motifs is 4. The highest BCUT2D eigenvalue weighted by molar-refractivity contribution is 7.90. The molecule has 2 N–H and O–H groups in total. The summed E-state index contributed by atoms with van der Waals surface area (Å²) in [5, 5.41) is 27.3. The number of hydrogen-bond acceptors (Lipinski definition) is 13. The lowest BCUT2D eigenvalue weighted by Crippen LogP contribution is -2.34. The number of aromatic nitrogens is 6. The molecule has 64 heavy (non-hydrogen) atoms. The number of benzene rings is 3. The van der Waals surface area contributed by atoms with Gasteiger partial charge in [0.15, 0.2) is 11.6 Å². The molecule has 1 fully saturated rings. The summed E-state index contributed by atoms with van der Waals surface area (Å²) >= 11 is 7.58. The summed E-state index contributed by atoms with van der Waals surface area (Å²) in [4.78, 5) is 44.9. The molecule has 19 heteroatoms. The molecule has 334 valence electrons. The molecule has 0 saturated heterocycles. The third-order valence-electron chi connectivity index (χ3n) is 12.3. The molecule has 1 aliphatic heterocycles. The summed E-state index contributed by atoms with van der Waals surface area (Å²) < 4.78 is 44.8. The second-order valence-electron chi connectivity index (χ2n) is 16.3. The molecular weight excluding hydrogens is 880 g/mol. The van der Waals surface area contributed by atoms with Gasteiger partial charge in [-0.3, -0.25) is 23.9 Å². The average Bonchev–Trinajstić information content (AvgIpc) is 3.92. The van der Waals surface area contributed by atoms with Crippen molar-refractivity contribution in [3.05, 3.63) is 116 Å². The van der Waals surface area contributed by atoms with Crippen LogP contribution in [-0.2, 0) is 37.9 Å². The van der Waals surface area contributed by atoms with Gasteiger partial charge in [0.2, 0.25) is 10.0 Å². The van der Waals surface area contributed by atoms with Gasteiger partial charge in [0.25, 0.3) is 0 Å². The smallest absolute Gasteiger partial charge is 0.308 e. The van der Waals surface area contributed by atoms with Crippen LogP contribution in [0.25, 0.3) is 16.0 Å². The molecule has 6 aromatic rings. The highest BCUT2D eigenvalue weighted by Crippen LogP contribution is 2.42. The Kier molecular flexibility index (Phi) is 12.8. The fourth-order valence-corrected chi connectivity index (χ4v) is 11.8. The van der Waals surface area contributed by atoms with E-state index < -0.39 is 45.1 Å². The van der Waals surface area contributed by atoms with Gasteiger partial charge in [-0.2, -0.15) is 0 Å². The van der Waals surface area contributed by atoms with E-state index >= 15 is 0 Å². The Bertz CT molecular complexity index is 2920. The van der Waals surface area contributed by atoms with Gasteiger partial charge in [-0.1, -0.05) is 53.6 Å². The van der Waals surface area contributed by atoms with E-state index in [-0.39, 0.29) is 25.2 Å². The van der Waals surface area contributed by atoms with E-state index in [9.17, 15) is 27.9 Å². The largest absolute Gasteiger partial charge is 0.494 e. The van der Waals surface area contributed by atoms with Crippen LogP contribution in [0.15, 0.2) is 65.9 Å². The van der Waals surface area contributed by atoms with Crippen molar-refractivity contribution in [2.75, 3.05) is 14.2 Å². The molecule has 3 aromatic heterocycles. The maximum Gasteiger partial charge on any atom is 0.308 e. The van der Waals surface area contributed by atoms with E-state index in [4.69, 9.17) is 26.1 Å². The van der Waals surface area contributed by atoms with Gasteiger partial charge in [-0.15, -0.1) is 26.6 Å². The summed E-state index contributed by atoms with van der Waals surface area (Å²) in [6, 6.07) is 15.7. The van der Waals surface area contributed by atoms with E-state index in [0.29, 0.717) is 92.0 Å². The Morgan fingerprint density at radius 3 is 2.52 bits per heavy atom. The number of carboxylic acids is 1. The van der Waals surface area contributed by atoms with Gasteiger partial charge in [-0.05, 0) is 91.6 Å². The normalized spacial score (nSPS) is 18.0. The Morgan fingerprint density at radius 1 is 1.00 bits per heavy atom. The standard InChI is InChI=1S/C45H47ClN8O8S2/c1-24-9-10-28(33(20-37(55)56)29-18-34-41(36(19-29)61-4)53(3)52-50-34)17-30(24)22-48-64(59,60)32-8-6-7-27(13-16-32)42(58)43-25(2)39-40(26-11-14-31(46)15-12-26)49-35(21-38(57)62-5)44-51-47-23-54(44)45(39)63-43/h9-12,14-15,17-19,23,27,32-33,35,48H,6-8,13,16,20-22H2,1-5H3,(H,55,56)/t27?,32?,33?,35-/m0/s1. The molecule has 3 unspecified atom stereocenters. The first kappa shape index (κ1) is 44.8. The van der Waals surface area contributed by atoms with Gasteiger partial charge in [0.1, 0.15) is 34.2 Å². The zero-order valence-corrected chi connectivity index (χ0v) is 38.3. The lowest BCUT2D eigenvalue weighted by atomic mass is 9.86. The number of rotatable bonds is 14. The number of nitrogens with one attached hydrogen (secondary N) is 1. The fraction of sp³-hybridized carbons (Fsp3) is 0.378. The lowest BCUT2D eigenvalue weighted by molar-refractivity contribution is -0.141. The Hall–Kier alpha value is -5.82. The first-order valence-corrected chi connectivity index (χ1v) is 23.6. The number of sulfonamides is 1. The first-order chi connectivity index (χ1) is 30.7. The Balaban J connectivity index is 1.01. The average molecular weight is 928 g/mol. The molecule has 8 rings (SSSR count). The highest BCUT2D eigenvalue weighted by Gasteiger charge is 2.37. The number of thiophene rings is 1. The molecule has 4 atom stereocenters. The number of Topliss-reactive ketones (excluding diaryl/α,β-unsaturated/α-hetero) is 1. The van der Waals surface area contributed by atoms with Crippen molar-refractivity contribution in [2.24, 2.45) is 18.0 Å². The zero-order valence-electron chi connectivity index (χ0n) is 35.9. The molecule has 0 radical (unpaired) electrons. The number of carbonyl (C=O) groups is 3. The quantitative estimate of drug-likeness (QED) is 0.0631. The first-order valence-electron chi connectivity index (χ1n) is 20.8. The number of nitrogens with zero attached hydrogens (tertiary/aromatic N) is 7. The molecular formula is C45H47ClN8O8S2. The molecule has 1 saturated carbocycles. The number of esters is 1. The van der Waals surface area contributed by atoms with Crippen molar-refractivity contribution >= 4 is 67.4 Å². The summed E-state index contributed by atoms with van der Waals surface area (Å²) in [6.45, 7) is 3.79. The Morgan fingerprint density at radius 2 is 1.78 bits per heavy atom. The highest BCUT2D eigenvalue weighted by atomic mass is 35.5. The third kappa shape index (κ3) is 8.83. The van der Waals surface area contributed by atoms with Gasteiger partial charge < -0.3 is 14.6 Å². The molecule has 0 bridgehead atoms. The molecule has 3 aromatic carbocycles. The number of ketones is 1. The summed E-state index contributed by atoms with van der Waals surface area (Å²) in [5.41, 5.74) is 6.98. The van der Waals surface area contributed by atoms with E-state index in [2.05, 4.69) is 25.2 Å². The van der Waals surface area contributed by atoms with Crippen molar-refractivity contribution in [3.63, 3.8) is 0 Å². The van der Waals surface area contributed by atoms with Gasteiger partial charge >= 0.3 is 11.9 Å². The van der Waals surface area contributed by atoms with Crippen molar-refractivity contribution in [1.29, 1.82) is 0 Å². The van der Waals surface area contributed by atoms with Crippen LogP contribution >= 0.6 is 22.9 Å². The van der Waals surface area contributed by atoms with Gasteiger partial charge in [0, 0.05) is 41.6 Å². The summed E-state index contributed by atoms with van der Waals surface area (Å²) in [5.74, 6) is -1.54. The Labute approximate surface area is 378 Å². The van der Waals surface area contributed by atoms with E-state index in [1.54, 1.807) is 40.8 Å². The second kappa shape index (κ2) is 18.3. The van der Waals surface area contributed by atoms with E-state index in [1.165, 1.54) is 25.6 Å². The lowest BCUT2D eigenvalue weighted by Gasteiger charge is -2.20. The second-order valence-corrected chi connectivity index (χ2v) is 19.8. The van der Waals surface area contributed by atoms with Crippen LogP contribution in [0.2, 0.25) is 5.02 Å². The zero-order chi connectivity index (χ0) is 45.4. The predicted molar refractivity (Wildman–Crippen MR) is 241 cm³/mol. The van der Waals surface area contributed by atoms with Crippen LogP contribution in [0.5, 0.6) is 5.75 Å². The third-order valence-corrected chi connectivity index (χ3v) is 15.8. The molecule has 1 aliphatic carbocycles. The van der Waals surface area contributed by atoms with Crippen molar-refractivity contribution in [1.82, 2.24) is 34.5 Å². The summed E-state index contributed by atoms with van der Waals surface area (Å²) in [6.07, 6.45) is 3.42. The minimum absolute atomic E-state index is 0.0101. The SMILES string of the molecule is COC(=O)C[C@@H]1N=C(c2ccc(Cl)cc2)c2c(sc(C(=O)C3CCCC(S(=O)(=O)NCc4cc(C(CC(=O)O)c5cc(OC)c6c(c5)nnn6C)ccc4C)CC3)c2C)-n2cnnc21. The van der Waals surface area contributed by atoms with Crippen LogP contribution in [0.1, 0.15) is 111 Å². The monoisotopic (exact) mass is 926 g/mol. The van der Waals surface area contributed by atoms with Crippen LogP contribution in [0.3, 0.4) is 0 Å². The molecule has 16 nitrogen and oxygen atoms in total. The maximum atomic E-state index is 14.6. The predicted octanol–water partition coefficient (Wildman–Crippen LogP) is 7.20. The number of aryl methyl sites for hydroxylation is 2. The van der Waals surface area contributed by atoms with Crippen LogP contribution in [0.4, 0.5) is 0 Å². The van der Waals surface area contributed by atoms with Gasteiger partial charge in [0.05, 0.1) is 42.9 Å². The number of aliphatic imine (C=N–C) groups is 1. The van der Waals surface area contributed by atoms with Crippen molar-refractivity contribution in [3.8, 4) is 10.8 Å². The number of carboxylic acid groups (broad SMARTS) is 1. The number of ether oxygens (including phenoxy) is 2. The van der Waals surface area contributed by atoms with E-state index in [0.717, 1.165) is 22.3 Å². The van der Waals surface area contributed by atoms with Crippen molar-refractivity contribution in [2.45, 2.75) is 82.5 Å². The minimum Gasteiger partial charge on any atom is -0.494 e. The van der Waals surface area contributed by atoms with Crippen LogP contribution < -0.4 is 9.46 Å². The topological polar surface area (TPSA) is 210 Å². The molecule has 0 spiro atoms. The maximum absolute atomic E-state index is 14.6.